The van der Waals surface area contributed by atoms with Crippen LogP contribution in [0.4, 0.5) is 9.80 Å². The molecule has 0 radical (unpaired) electrons. The normalized spacial score (nSPS) is 17.4. The number of nitrogens with two attached hydrogens (primary N) is 1. The second-order valence-electron chi connectivity index (χ2n) is 7.13. The van der Waals surface area contributed by atoms with Crippen molar-refractivity contribution in [3.05, 3.63) is 35.9 Å². The first-order chi connectivity index (χ1) is 14.0. The maximum atomic E-state index is 13.0. The molecule has 0 aliphatic carbocycles. The van der Waals surface area contributed by atoms with Crippen LogP contribution < -0.4 is 21.1 Å². The third kappa shape index (κ3) is 5.48. The highest BCUT2D eigenvalue weighted by molar-refractivity contribution is 7.20. The Morgan fingerprint density at radius 3 is 2.69 bits per heavy atom. The van der Waals surface area contributed by atoms with Crippen LogP contribution in [-0.4, -0.2) is 49.6 Å². The van der Waals surface area contributed by atoms with Crippen LogP contribution >= 0.6 is 11.3 Å². The Balaban J connectivity index is 1.82. The SMILES string of the molecule is CCN1CCCCC(NC(=O)c2cc(-c3ccc(OC)cc3)sc2NC(N)=O)C1. The highest BCUT2D eigenvalue weighted by Crippen LogP contribution is 2.36. The summed E-state index contributed by atoms with van der Waals surface area (Å²) in [5.74, 6) is 0.570. The Labute approximate surface area is 175 Å². The number of nitrogens with zero attached hydrogens (tertiary/aromatic N) is 1. The summed E-state index contributed by atoms with van der Waals surface area (Å²) < 4.78 is 5.20. The molecule has 2 heterocycles. The molecule has 0 spiro atoms. The summed E-state index contributed by atoms with van der Waals surface area (Å²) >= 11 is 1.33. The molecule has 0 bridgehead atoms. The monoisotopic (exact) mass is 416 g/mol. The first-order valence-electron chi connectivity index (χ1n) is 9.88. The van der Waals surface area contributed by atoms with Gasteiger partial charge in [0.25, 0.3) is 5.91 Å². The van der Waals surface area contributed by atoms with Crippen LogP contribution in [0.25, 0.3) is 10.4 Å². The third-order valence-corrected chi connectivity index (χ3v) is 6.23. The zero-order valence-electron chi connectivity index (χ0n) is 16.9. The highest BCUT2D eigenvalue weighted by atomic mass is 32.1. The number of ether oxygens (including phenoxy) is 1. The van der Waals surface area contributed by atoms with Crippen molar-refractivity contribution in [2.45, 2.75) is 32.2 Å². The number of hydrogen-bond donors (Lipinski definition) is 3. The molecule has 1 aromatic heterocycles. The number of urea groups is 1. The van der Waals surface area contributed by atoms with E-state index in [1.54, 1.807) is 13.2 Å². The summed E-state index contributed by atoms with van der Waals surface area (Å²) in [5, 5.41) is 6.21. The molecule has 1 aliphatic heterocycles. The maximum absolute atomic E-state index is 13.0. The molecular formula is C21H28N4O3S. The minimum absolute atomic E-state index is 0.0933. The number of benzene rings is 1. The van der Waals surface area contributed by atoms with Gasteiger partial charge in [0.05, 0.1) is 12.7 Å². The van der Waals surface area contributed by atoms with Gasteiger partial charge in [0.15, 0.2) is 0 Å². The van der Waals surface area contributed by atoms with Crippen molar-refractivity contribution < 1.29 is 14.3 Å². The lowest BCUT2D eigenvalue weighted by Crippen LogP contribution is -2.42. The Bertz CT molecular complexity index is 850. The van der Waals surface area contributed by atoms with E-state index in [-0.39, 0.29) is 11.9 Å². The number of methoxy groups -OCH3 is 1. The molecule has 1 unspecified atom stereocenters. The topological polar surface area (TPSA) is 96.7 Å². The lowest BCUT2D eigenvalue weighted by molar-refractivity contribution is 0.0928. The number of thiophene rings is 1. The number of hydrogen-bond acceptors (Lipinski definition) is 5. The Kier molecular flexibility index (Phi) is 7.11. The van der Waals surface area contributed by atoms with Gasteiger partial charge in [0.1, 0.15) is 10.8 Å². The van der Waals surface area contributed by atoms with Crippen molar-refractivity contribution in [3.63, 3.8) is 0 Å². The molecule has 0 saturated carbocycles. The molecule has 2 aromatic rings. The van der Waals surface area contributed by atoms with Gasteiger partial charge in [-0.3, -0.25) is 10.1 Å². The number of primary amides is 1. The Morgan fingerprint density at radius 1 is 1.28 bits per heavy atom. The smallest absolute Gasteiger partial charge is 0.317 e. The van der Waals surface area contributed by atoms with Gasteiger partial charge in [0, 0.05) is 17.5 Å². The van der Waals surface area contributed by atoms with E-state index >= 15 is 0 Å². The lowest BCUT2D eigenvalue weighted by Gasteiger charge is -2.23. The summed E-state index contributed by atoms with van der Waals surface area (Å²) in [6.45, 7) is 5.02. The second-order valence-corrected chi connectivity index (χ2v) is 8.18. The zero-order chi connectivity index (χ0) is 20.8. The Morgan fingerprint density at radius 2 is 2.03 bits per heavy atom. The van der Waals surface area contributed by atoms with E-state index in [0.29, 0.717) is 10.6 Å². The van der Waals surface area contributed by atoms with Crippen molar-refractivity contribution in [3.8, 4) is 16.2 Å². The highest BCUT2D eigenvalue weighted by Gasteiger charge is 2.23. The average Bonchev–Trinajstić information content (AvgIpc) is 2.99. The van der Waals surface area contributed by atoms with Crippen LogP contribution in [-0.2, 0) is 0 Å². The van der Waals surface area contributed by atoms with Crippen LogP contribution in [0.5, 0.6) is 5.75 Å². The number of nitrogens with one attached hydrogen (secondary N) is 2. The molecule has 156 valence electrons. The van der Waals surface area contributed by atoms with Gasteiger partial charge in [-0.2, -0.15) is 0 Å². The van der Waals surface area contributed by atoms with Crippen LogP contribution in [0, 0.1) is 0 Å². The second kappa shape index (κ2) is 9.76. The van der Waals surface area contributed by atoms with Crippen molar-refractivity contribution >= 4 is 28.3 Å². The number of carbonyl (C=O) groups is 2. The van der Waals surface area contributed by atoms with Gasteiger partial charge in [-0.15, -0.1) is 11.3 Å². The fourth-order valence-electron chi connectivity index (χ4n) is 3.55. The average molecular weight is 417 g/mol. The number of carbonyl (C=O) groups excluding carboxylic acids is 2. The zero-order valence-corrected chi connectivity index (χ0v) is 17.7. The standard InChI is InChI=1S/C21H28N4O3S/c1-3-25-11-5-4-6-15(13-25)23-19(26)17-12-18(29-20(17)24-21(22)27)14-7-9-16(28-2)10-8-14/h7-10,12,15H,3-6,11,13H2,1-2H3,(H,23,26)(H3,22,24,27). The third-order valence-electron chi connectivity index (χ3n) is 5.13. The molecule has 4 N–H and O–H groups in total. The van der Waals surface area contributed by atoms with E-state index in [2.05, 4.69) is 22.5 Å². The molecule has 1 aromatic carbocycles. The number of likely N-dealkylation sites (N-methyl/N-ethyl adjacent to an activating group) is 1. The minimum atomic E-state index is -0.686. The molecule has 1 atom stereocenters. The molecule has 8 heteroatoms. The quantitative estimate of drug-likeness (QED) is 0.671. The predicted octanol–water partition coefficient (Wildman–Crippen LogP) is 3.52. The van der Waals surface area contributed by atoms with E-state index in [1.165, 1.54) is 11.3 Å². The fourth-order valence-corrected chi connectivity index (χ4v) is 4.61. The fraction of sp³-hybridized carbons (Fsp3) is 0.429. The molecular weight excluding hydrogens is 388 g/mol. The molecule has 1 saturated heterocycles. The van der Waals surface area contributed by atoms with Crippen molar-refractivity contribution in [1.29, 1.82) is 0 Å². The molecule has 7 nitrogen and oxygen atoms in total. The summed E-state index contributed by atoms with van der Waals surface area (Å²) in [7, 11) is 1.62. The van der Waals surface area contributed by atoms with Gasteiger partial charge in [-0.1, -0.05) is 13.3 Å². The van der Waals surface area contributed by atoms with Gasteiger partial charge >= 0.3 is 6.03 Å². The molecule has 3 rings (SSSR count). The summed E-state index contributed by atoms with van der Waals surface area (Å²) in [6, 6.07) is 8.78. The first-order valence-corrected chi connectivity index (χ1v) is 10.7. The molecule has 29 heavy (non-hydrogen) atoms. The van der Waals surface area contributed by atoms with Crippen molar-refractivity contribution in [2.75, 3.05) is 32.1 Å². The molecule has 1 fully saturated rings. The Hall–Kier alpha value is -2.58. The number of likely N-dealkylation sites (tertiary alicyclic amines) is 1. The van der Waals surface area contributed by atoms with Gasteiger partial charge in [-0.25, -0.2) is 4.79 Å². The van der Waals surface area contributed by atoms with Gasteiger partial charge in [-0.05, 0) is 61.8 Å². The first kappa shape index (κ1) is 21.1. The summed E-state index contributed by atoms with van der Waals surface area (Å²) in [4.78, 5) is 27.7. The van der Waals surface area contributed by atoms with E-state index < -0.39 is 6.03 Å². The predicted molar refractivity (Wildman–Crippen MR) is 117 cm³/mol. The van der Waals surface area contributed by atoms with Crippen molar-refractivity contribution in [2.24, 2.45) is 5.73 Å². The van der Waals surface area contributed by atoms with Crippen LogP contribution in [0.15, 0.2) is 30.3 Å². The molecule has 3 amide bonds. The van der Waals surface area contributed by atoms with E-state index in [0.717, 1.165) is 55.1 Å². The minimum Gasteiger partial charge on any atom is -0.497 e. The van der Waals surface area contributed by atoms with Gasteiger partial charge in [0.2, 0.25) is 0 Å². The van der Waals surface area contributed by atoms with Crippen molar-refractivity contribution in [1.82, 2.24) is 10.2 Å². The van der Waals surface area contributed by atoms with Gasteiger partial charge < -0.3 is 20.7 Å². The van der Waals surface area contributed by atoms with Crippen LogP contribution in [0.2, 0.25) is 0 Å². The molecule has 1 aliphatic rings. The van der Waals surface area contributed by atoms with Crippen LogP contribution in [0.1, 0.15) is 36.5 Å². The van der Waals surface area contributed by atoms with E-state index in [1.807, 2.05) is 24.3 Å². The largest absolute Gasteiger partial charge is 0.497 e. The summed E-state index contributed by atoms with van der Waals surface area (Å²) in [5.41, 5.74) is 6.70. The maximum Gasteiger partial charge on any atom is 0.317 e. The number of amides is 3. The van der Waals surface area contributed by atoms with Crippen LogP contribution in [0.3, 0.4) is 0 Å². The number of rotatable bonds is 6. The summed E-state index contributed by atoms with van der Waals surface area (Å²) in [6.07, 6.45) is 3.19. The van der Waals surface area contributed by atoms with E-state index in [9.17, 15) is 9.59 Å². The lowest BCUT2D eigenvalue weighted by atomic mass is 10.1. The van der Waals surface area contributed by atoms with E-state index in [4.69, 9.17) is 10.5 Å². The number of anilines is 1.